The Hall–Kier alpha value is -13.2. The quantitative estimate of drug-likeness (QED) is 0.0614. The maximum absolute atomic E-state index is 13.2. The van der Waals surface area contributed by atoms with Crippen LogP contribution in [0.15, 0.2) is 186 Å². The number of fused-ring (bicyclic) bond motifs is 8. The number of Topliss-reactive ketones (excluding diaryl/α,β-unsaturated/α-hetero) is 2. The van der Waals surface area contributed by atoms with Gasteiger partial charge in [-0.15, -0.1) is 0 Å². The van der Waals surface area contributed by atoms with E-state index < -0.39 is 87.6 Å². The Bertz CT molecular complexity index is 6720. The van der Waals surface area contributed by atoms with Crippen LogP contribution in [0.4, 0.5) is 0 Å². The van der Waals surface area contributed by atoms with Crippen LogP contribution in [-0.2, 0) is 85.0 Å². The minimum absolute atomic E-state index is 0.0268. The standard InChI is InChI=1S/2C23H23N3O7S.C23H21N3O7S.C13H15N3O4S.C10H8O4/c3*27-20(18-3-1-2-14-4-5-32-21(14)18)23(28)25-10-15-12-26(13-16(15)11-25)34(29,30)17-8-19-22(24-9-17)33-7-6-31-19;17-21(18,16-7-9-4-14-5-10(9)8-16)11-3-12-13(15-6-11)20-2-1-19-12;11-8(10(12)13)7-3-1-2-6-4-5-14-9(6)7/h2*1-3,8-9,20,27H,4-7,10-13H2;1-3,8-9H,4-7,10-13H2;3,6,14H,1-2,4-5,7-8H2;1-3H,4-5H2,(H,12,13)/t2*20-;;;/m10.../s1. The second-order valence-corrected chi connectivity index (χ2v) is 41.9. The van der Waals surface area contributed by atoms with Gasteiger partial charge in [-0.05, 0) is 79.0 Å². The van der Waals surface area contributed by atoms with Crippen molar-refractivity contribution >= 4 is 75.4 Å². The van der Waals surface area contributed by atoms with E-state index in [1.54, 1.807) is 40.1 Å². The number of benzene rings is 4. The summed E-state index contributed by atoms with van der Waals surface area (Å²) in [5, 5.41) is 33.4. The maximum atomic E-state index is 13.2. The second-order valence-electron chi connectivity index (χ2n) is 34.2. The van der Waals surface area contributed by atoms with Crippen molar-refractivity contribution in [2.45, 2.75) is 57.5 Å². The van der Waals surface area contributed by atoms with E-state index in [2.05, 4.69) is 25.3 Å². The number of pyridine rings is 4. The molecule has 2 atom stereocenters. The summed E-state index contributed by atoms with van der Waals surface area (Å²) in [6, 6.07) is 26.9. The number of carboxylic acids is 1. The predicted octanol–water partition coefficient (Wildman–Crippen LogP) is 2.79. The van der Waals surface area contributed by atoms with E-state index in [9.17, 15) is 72.7 Å². The number of rotatable bonds is 16. The van der Waals surface area contributed by atoms with Crippen LogP contribution in [0.2, 0.25) is 0 Å². The first kappa shape index (κ1) is 91.5. The summed E-state index contributed by atoms with van der Waals surface area (Å²) < 4.78 is 175. The van der Waals surface area contributed by atoms with Crippen LogP contribution in [0.25, 0.3) is 0 Å². The molecule has 41 nitrogen and oxygen atoms in total. The van der Waals surface area contributed by atoms with E-state index in [0.29, 0.717) is 162 Å². The Morgan fingerprint density at radius 2 is 0.584 bits per heavy atom. The molecule has 16 aliphatic heterocycles. The number of ketones is 2. The monoisotopic (exact) mass is 1950 g/mol. The van der Waals surface area contributed by atoms with E-state index in [1.165, 1.54) is 88.4 Å². The fraction of sp³-hybridized carbons (Fsp3) is 0.370. The van der Waals surface area contributed by atoms with E-state index in [0.717, 1.165) is 88.0 Å². The zero-order chi connectivity index (χ0) is 94.9. The van der Waals surface area contributed by atoms with Crippen molar-refractivity contribution in [3.63, 3.8) is 0 Å². The molecule has 0 unspecified atom stereocenters. The lowest BCUT2D eigenvalue weighted by atomic mass is 10.0. The van der Waals surface area contributed by atoms with Gasteiger partial charge in [-0.3, -0.25) is 24.0 Å². The maximum Gasteiger partial charge on any atom is 0.377 e. The topological polar surface area (TPSA) is 497 Å². The van der Waals surface area contributed by atoms with Crippen molar-refractivity contribution in [2.75, 3.05) is 184 Å². The smallest absolute Gasteiger partial charge is 0.377 e. The first-order valence-electron chi connectivity index (χ1n) is 44.2. The minimum Gasteiger partial charge on any atom is -0.493 e. The van der Waals surface area contributed by atoms with Gasteiger partial charge in [0.15, 0.2) is 35.2 Å². The molecule has 0 fully saturated rings. The number of nitrogens with one attached hydrogen (secondary N) is 1. The van der Waals surface area contributed by atoms with Gasteiger partial charge in [-0.1, -0.05) is 60.7 Å². The average molecular weight is 1960 g/mol. The van der Waals surface area contributed by atoms with Crippen LogP contribution in [0.5, 0.6) is 69.5 Å². The summed E-state index contributed by atoms with van der Waals surface area (Å²) in [6.07, 6.45) is 5.47. The predicted molar refractivity (Wildman–Crippen MR) is 475 cm³/mol. The van der Waals surface area contributed by atoms with Crippen LogP contribution in [0, 0.1) is 0 Å². The summed E-state index contributed by atoms with van der Waals surface area (Å²) in [7, 11) is -14.9. The highest BCUT2D eigenvalue weighted by molar-refractivity contribution is 7.90. The van der Waals surface area contributed by atoms with Gasteiger partial charge in [0, 0.05) is 166 Å². The van der Waals surface area contributed by atoms with Crippen molar-refractivity contribution in [3.05, 3.63) is 211 Å². The number of carbonyl (C=O) groups is 6. The molecule has 0 bridgehead atoms. The Labute approximate surface area is 784 Å². The fourth-order valence-corrected chi connectivity index (χ4v) is 24.3. The van der Waals surface area contributed by atoms with E-state index >= 15 is 0 Å². The SMILES string of the molecule is O=C(C(=O)N1CC2=C(C1)CN(S(=O)(=O)c1cnc3c(c1)OCCO3)C2)c1cccc2c1OCC2.O=C(O)C(=O)c1cccc2c1OCC2.O=C([C@@H](O)c1cccc2c1OCC2)N1CC2=C(C1)CN(S(=O)(=O)c1cnc3c(c1)OCCO3)C2.O=C([C@H](O)c1cccc2c1OCC2)N1CC2=C(C1)CN(S(=O)(=O)c1cnc3c(c1)OCCO3)C2.O=S(=O)(c1cnc2c(c1)OCCO2)N1CC2=C(CNC2)C1. The van der Waals surface area contributed by atoms with E-state index in [-0.39, 0.29) is 127 Å². The van der Waals surface area contributed by atoms with Gasteiger partial charge in [-0.2, -0.15) is 17.2 Å². The molecule has 716 valence electrons. The molecule has 20 heterocycles. The average Bonchev–Trinajstić information content (AvgIpc) is 1.59. The van der Waals surface area contributed by atoms with Gasteiger partial charge in [0.1, 0.15) is 95.4 Å². The van der Waals surface area contributed by atoms with Gasteiger partial charge in [0.25, 0.3) is 52.8 Å². The van der Waals surface area contributed by atoms with Crippen molar-refractivity contribution in [3.8, 4) is 69.5 Å². The Morgan fingerprint density at radius 3 is 0.898 bits per heavy atom. The number of aliphatic hydroxyl groups excluding tert-OH is 2. The zero-order valence-electron chi connectivity index (χ0n) is 73.3. The van der Waals surface area contributed by atoms with Crippen LogP contribution in [0.1, 0.15) is 66.3 Å². The Morgan fingerprint density at radius 1 is 0.314 bits per heavy atom. The lowest BCUT2D eigenvalue weighted by Gasteiger charge is -2.25. The molecular weight excluding hydrogens is 1870 g/mol. The molecule has 4 aromatic carbocycles. The fourth-order valence-electron chi connectivity index (χ4n) is 18.7. The molecule has 0 saturated carbocycles. The Kier molecular flexibility index (Phi) is 25.0. The van der Waals surface area contributed by atoms with Gasteiger partial charge in [0.2, 0.25) is 40.1 Å². The highest BCUT2D eigenvalue weighted by Gasteiger charge is 2.46. The highest BCUT2D eigenvalue weighted by atomic mass is 32.2. The van der Waals surface area contributed by atoms with Crippen molar-refractivity contribution in [1.82, 2.24) is 57.2 Å². The Balaban J connectivity index is 0.000000109. The number of aromatic nitrogens is 4. The number of amides is 3. The number of ether oxygens (including phenoxy) is 12. The number of hydrogen-bond acceptors (Lipinski definition) is 33. The molecule has 0 spiro atoms. The number of hydrogen-bond donors (Lipinski definition) is 4. The third kappa shape index (κ3) is 17.8. The number of aliphatic hydroxyl groups is 2. The van der Waals surface area contributed by atoms with Gasteiger partial charge >= 0.3 is 5.97 Å². The van der Waals surface area contributed by atoms with Gasteiger partial charge < -0.3 is 92.2 Å². The molecular formula is C92H90N12O29S4. The molecule has 45 heteroatoms. The third-order valence-corrected chi connectivity index (χ3v) is 32.7. The normalized spacial score (nSPS) is 19.4. The summed E-state index contributed by atoms with van der Waals surface area (Å²) in [4.78, 5) is 94.8. The summed E-state index contributed by atoms with van der Waals surface area (Å²) in [5.41, 5.74) is 12.7. The van der Waals surface area contributed by atoms with Crippen LogP contribution < -0.4 is 62.2 Å². The molecule has 24 rings (SSSR count). The van der Waals surface area contributed by atoms with Crippen molar-refractivity contribution in [1.29, 1.82) is 0 Å². The van der Waals surface area contributed by atoms with Crippen molar-refractivity contribution < 1.29 is 135 Å². The second kappa shape index (κ2) is 37.4. The van der Waals surface area contributed by atoms with E-state index in [1.807, 2.05) is 36.4 Å². The number of carbonyl (C=O) groups excluding carboxylic acids is 5. The molecule has 0 aliphatic carbocycles. The first-order chi connectivity index (χ1) is 66.1. The number of para-hydroxylation sites is 4. The third-order valence-electron chi connectivity index (χ3n) is 25.7. The lowest BCUT2D eigenvalue weighted by Crippen LogP contribution is -2.39. The minimum atomic E-state index is -3.81. The number of carboxylic acid groups (broad SMARTS) is 1. The molecule has 4 aromatic heterocycles. The largest absolute Gasteiger partial charge is 0.493 e. The zero-order valence-corrected chi connectivity index (χ0v) is 76.6. The van der Waals surface area contributed by atoms with Gasteiger partial charge in [-0.25, -0.2) is 58.4 Å². The molecule has 137 heavy (non-hydrogen) atoms. The molecule has 16 aliphatic rings. The van der Waals surface area contributed by atoms with Gasteiger partial charge in [0.05, 0.1) is 62.3 Å². The highest BCUT2D eigenvalue weighted by Crippen LogP contribution is 2.44. The lowest BCUT2D eigenvalue weighted by molar-refractivity contribution is -0.140. The number of nitrogens with zero attached hydrogens (tertiary/aromatic N) is 11. The molecule has 3 amide bonds. The first-order valence-corrected chi connectivity index (χ1v) is 49.9. The summed E-state index contributed by atoms with van der Waals surface area (Å²) in [5.74, 6) is 0.231. The molecule has 4 N–H and O–H groups in total. The van der Waals surface area contributed by atoms with Crippen LogP contribution >= 0.6 is 0 Å². The van der Waals surface area contributed by atoms with Crippen LogP contribution in [-0.4, -0.2) is 320 Å². The summed E-state index contributed by atoms with van der Waals surface area (Å²) >= 11 is 0. The van der Waals surface area contributed by atoms with Crippen molar-refractivity contribution in [2.24, 2.45) is 0 Å². The van der Waals surface area contributed by atoms with E-state index in [4.69, 9.17) is 61.9 Å². The molecule has 0 radical (unpaired) electrons. The van der Waals surface area contributed by atoms with Crippen LogP contribution in [0.3, 0.4) is 0 Å². The summed E-state index contributed by atoms with van der Waals surface area (Å²) in [6.45, 7) is 10.2. The molecule has 8 aromatic rings. The molecule has 0 saturated heterocycles. The number of aliphatic carboxylic acids is 1. The number of sulfonamides is 4.